The van der Waals surface area contributed by atoms with Crippen LogP contribution in [0.25, 0.3) is 0 Å². The molecular weight excluding hydrogens is 234 g/mol. The molecule has 0 radical (unpaired) electrons. The summed E-state index contributed by atoms with van der Waals surface area (Å²) < 4.78 is 0. The van der Waals surface area contributed by atoms with Crippen molar-refractivity contribution in [2.45, 2.75) is 31.3 Å². The highest BCUT2D eigenvalue weighted by Crippen LogP contribution is 2.27. The second-order valence-corrected chi connectivity index (χ2v) is 5.73. The Morgan fingerprint density at radius 1 is 1.21 bits per heavy atom. The summed E-state index contributed by atoms with van der Waals surface area (Å²) in [4.78, 5) is 4.97. The summed E-state index contributed by atoms with van der Waals surface area (Å²) in [6.07, 6.45) is 3.58. The van der Waals surface area contributed by atoms with Gasteiger partial charge in [0.1, 0.15) is 0 Å². The maximum absolute atomic E-state index is 5.81. The summed E-state index contributed by atoms with van der Waals surface area (Å²) in [5.41, 5.74) is 7.23. The number of benzene rings is 1. The van der Waals surface area contributed by atoms with Crippen LogP contribution in [-0.4, -0.2) is 49.6 Å². The van der Waals surface area contributed by atoms with Gasteiger partial charge in [-0.2, -0.15) is 0 Å². The molecule has 0 spiro atoms. The molecule has 0 amide bonds. The number of hydrogen-bond acceptors (Lipinski definition) is 3. The molecule has 1 aliphatic heterocycles. The van der Waals surface area contributed by atoms with E-state index in [0.29, 0.717) is 6.04 Å². The molecule has 1 heterocycles. The van der Waals surface area contributed by atoms with Crippen molar-refractivity contribution in [3.8, 4) is 0 Å². The van der Waals surface area contributed by atoms with Gasteiger partial charge in [-0.1, -0.05) is 30.3 Å². The third kappa shape index (κ3) is 3.78. The average Bonchev–Trinajstić information content (AvgIpc) is 2.46. The van der Waals surface area contributed by atoms with Crippen LogP contribution in [0.3, 0.4) is 0 Å². The summed E-state index contributed by atoms with van der Waals surface area (Å²) in [6.45, 7) is 3.12. The Kier molecular flexibility index (Phi) is 5.37. The third-order valence-corrected chi connectivity index (χ3v) is 4.29. The highest BCUT2D eigenvalue weighted by Gasteiger charge is 2.26. The molecule has 2 rings (SSSR count). The van der Waals surface area contributed by atoms with E-state index >= 15 is 0 Å². The van der Waals surface area contributed by atoms with Crippen LogP contribution < -0.4 is 5.73 Å². The van der Waals surface area contributed by atoms with Gasteiger partial charge in [0.05, 0.1) is 0 Å². The number of likely N-dealkylation sites (tertiary alicyclic amines) is 1. The zero-order valence-corrected chi connectivity index (χ0v) is 12.3. The Morgan fingerprint density at radius 2 is 1.84 bits per heavy atom. The van der Waals surface area contributed by atoms with E-state index in [-0.39, 0.29) is 0 Å². The predicted octanol–water partition coefficient (Wildman–Crippen LogP) is 2.10. The van der Waals surface area contributed by atoms with E-state index in [2.05, 4.69) is 54.2 Å². The highest BCUT2D eigenvalue weighted by molar-refractivity contribution is 5.19. The van der Waals surface area contributed by atoms with Gasteiger partial charge in [0, 0.05) is 25.2 Å². The second kappa shape index (κ2) is 7.04. The molecular formula is C16H27N3. The Labute approximate surface area is 117 Å². The van der Waals surface area contributed by atoms with Gasteiger partial charge >= 0.3 is 0 Å². The molecule has 1 aromatic carbocycles. The molecule has 19 heavy (non-hydrogen) atoms. The van der Waals surface area contributed by atoms with Crippen molar-refractivity contribution in [2.24, 2.45) is 5.73 Å². The van der Waals surface area contributed by atoms with Gasteiger partial charge in [-0.25, -0.2) is 0 Å². The van der Waals surface area contributed by atoms with Crippen LogP contribution in [0.4, 0.5) is 0 Å². The number of rotatable bonds is 5. The third-order valence-electron chi connectivity index (χ3n) is 4.29. The second-order valence-electron chi connectivity index (χ2n) is 5.73. The summed E-state index contributed by atoms with van der Waals surface area (Å²) in [7, 11) is 4.38. The minimum absolute atomic E-state index is 0.495. The zero-order valence-electron chi connectivity index (χ0n) is 12.3. The Balaban J connectivity index is 2.01. The fourth-order valence-corrected chi connectivity index (χ4v) is 3.11. The van der Waals surface area contributed by atoms with E-state index < -0.39 is 0 Å². The lowest BCUT2D eigenvalue weighted by atomic mass is 9.97. The molecule has 3 nitrogen and oxygen atoms in total. The molecule has 1 aromatic rings. The van der Waals surface area contributed by atoms with E-state index in [1.165, 1.54) is 31.5 Å². The Morgan fingerprint density at radius 3 is 2.37 bits per heavy atom. The predicted molar refractivity (Wildman–Crippen MR) is 81.1 cm³/mol. The van der Waals surface area contributed by atoms with E-state index in [9.17, 15) is 0 Å². The van der Waals surface area contributed by atoms with Crippen molar-refractivity contribution >= 4 is 0 Å². The Bertz CT molecular complexity index is 356. The van der Waals surface area contributed by atoms with Crippen LogP contribution in [0.2, 0.25) is 0 Å². The first-order valence-corrected chi connectivity index (χ1v) is 7.38. The van der Waals surface area contributed by atoms with Crippen molar-refractivity contribution in [3.05, 3.63) is 35.9 Å². The number of piperidine rings is 1. The minimum atomic E-state index is 0.495. The molecule has 2 N–H and O–H groups in total. The molecule has 1 aliphatic rings. The number of hydrogen-bond donors (Lipinski definition) is 1. The first-order valence-electron chi connectivity index (χ1n) is 7.38. The summed E-state index contributed by atoms with van der Waals surface area (Å²) >= 11 is 0. The molecule has 3 heteroatoms. The molecule has 1 saturated heterocycles. The van der Waals surface area contributed by atoms with Gasteiger partial charge in [0.25, 0.3) is 0 Å². The van der Waals surface area contributed by atoms with Crippen LogP contribution in [-0.2, 0) is 0 Å². The Hall–Kier alpha value is -0.900. The fourth-order valence-electron chi connectivity index (χ4n) is 3.11. The number of nitrogens with two attached hydrogens (primary N) is 1. The normalized spacial score (nSPS) is 19.8. The maximum Gasteiger partial charge on any atom is 0.0360 e. The van der Waals surface area contributed by atoms with Crippen LogP contribution in [0, 0.1) is 0 Å². The van der Waals surface area contributed by atoms with E-state index in [0.717, 1.165) is 19.0 Å². The topological polar surface area (TPSA) is 32.5 Å². The lowest BCUT2D eigenvalue weighted by Gasteiger charge is -2.39. The molecule has 0 aliphatic carbocycles. The molecule has 106 valence electrons. The van der Waals surface area contributed by atoms with Gasteiger partial charge in [0.15, 0.2) is 0 Å². The standard InChI is InChI=1S/C16H27N3/c1-18(2)15-9-12-19(13-10-15)16(8-11-17)14-6-4-3-5-7-14/h3-7,15-16H,8-13,17H2,1-2H3. The van der Waals surface area contributed by atoms with Gasteiger partial charge in [0.2, 0.25) is 0 Å². The fraction of sp³-hybridized carbons (Fsp3) is 0.625. The summed E-state index contributed by atoms with van der Waals surface area (Å²) in [5, 5.41) is 0. The van der Waals surface area contributed by atoms with Crippen molar-refractivity contribution < 1.29 is 0 Å². The quantitative estimate of drug-likeness (QED) is 0.881. The zero-order chi connectivity index (χ0) is 13.7. The van der Waals surface area contributed by atoms with Gasteiger partial charge in [-0.3, -0.25) is 4.90 Å². The van der Waals surface area contributed by atoms with Gasteiger partial charge < -0.3 is 10.6 Å². The average molecular weight is 261 g/mol. The van der Waals surface area contributed by atoms with E-state index in [1.807, 2.05) is 0 Å². The van der Waals surface area contributed by atoms with Crippen molar-refractivity contribution in [1.29, 1.82) is 0 Å². The lowest BCUT2D eigenvalue weighted by Crippen LogP contribution is -2.43. The lowest BCUT2D eigenvalue weighted by molar-refractivity contribution is 0.105. The largest absolute Gasteiger partial charge is 0.330 e. The molecule has 1 unspecified atom stereocenters. The highest BCUT2D eigenvalue weighted by atomic mass is 15.2. The smallest absolute Gasteiger partial charge is 0.0360 e. The summed E-state index contributed by atoms with van der Waals surface area (Å²) in [6, 6.07) is 12.1. The van der Waals surface area contributed by atoms with E-state index in [4.69, 9.17) is 5.73 Å². The van der Waals surface area contributed by atoms with Gasteiger partial charge in [-0.05, 0) is 45.5 Å². The van der Waals surface area contributed by atoms with Crippen molar-refractivity contribution in [3.63, 3.8) is 0 Å². The van der Waals surface area contributed by atoms with Crippen LogP contribution in [0.1, 0.15) is 30.9 Å². The monoisotopic (exact) mass is 261 g/mol. The summed E-state index contributed by atoms with van der Waals surface area (Å²) in [5.74, 6) is 0. The van der Waals surface area contributed by atoms with Crippen molar-refractivity contribution in [1.82, 2.24) is 9.80 Å². The van der Waals surface area contributed by atoms with Crippen molar-refractivity contribution in [2.75, 3.05) is 33.7 Å². The number of nitrogens with zero attached hydrogens (tertiary/aromatic N) is 2. The first-order chi connectivity index (χ1) is 9.22. The molecule has 0 aromatic heterocycles. The van der Waals surface area contributed by atoms with E-state index in [1.54, 1.807) is 0 Å². The molecule has 0 saturated carbocycles. The molecule has 0 bridgehead atoms. The van der Waals surface area contributed by atoms with Crippen LogP contribution in [0.15, 0.2) is 30.3 Å². The maximum atomic E-state index is 5.81. The minimum Gasteiger partial charge on any atom is -0.330 e. The molecule has 1 fully saturated rings. The molecule has 1 atom stereocenters. The van der Waals surface area contributed by atoms with Crippen LogP contribution in [0.5, 0.6) is 0 Å². The van der Waals surface area contributed by atoms with Crippen LogP contribution >= 0.6 is 0 Å². The van der Waals surface area contributed by atoms with Gasteiger partial charge in [-0.15, -0.1) is 0 Å². The SMILES string of the molecule is CN(C)C1CCN(C(CCN)c2ccccc2)CC1. The first kappa shape index (κ1) is 14.5.